The molecule has 1 fully saturated rings. The Morgan fingerprint density at radius 2 is 1.70 bits per heavy atom. The molecule has 1 N–H and O–H groups in total. The number of piperazine rings is 1. The third kappa shape index (κ3) is 1.95. The average Bonchev–Trinajstić information content (AvgIpc) is 2.63. The Labute approximate surface area is 120 Å². The van der Waals surface area contributed by atoms with Gasteiger partial charge in [0.1, 0.15) is 17.9 Å². The van der Waals surface area contributed by atoms with Crippen molar-refractivity contribution in [2.75, 3.05) is 6.54 Å². The van der Waals surface area contributed by atoms with Crippen molar-refractivity contribution in [2.24, 2.45) is 22.7 Å². The summed E-state index contributed by atoms with van der Waals surface area (Å²) in [6, 6.07) is -0.167. The van der Waals surface area contributed by atoms with E-state index in [1.54, 1.807) is 4.90 Å². The van der Waals surface area contributed by atoms with E-state index in [2.05, 4.69) is 5.32 Å². The lowest BCUT2D eigenvalue weighted by atomic mass is 9.77. The molecule has 0 unspecified atom stereocenters. The van der Waals surface area contributed by atoms with Crippen LogP contribution in [0.4, 0.5) is 0 Å². The Kier molecular flexibility index (Phi) is 3.65. The molecule has 0 aliphatic carbocycles. The van der Waals surface area contributed by atoms with Crippen molar-refractivity contribution >= 4 is 17.6 Å². The maximum atomic E-state index is 12.9. The molecule has 0 aromatic rings. The molecule has 2 heterocycles. The van der Waals surface area contributed by atoms with E-state index in [-0.39, 0.29) is 42.2 Å². The van der Waals surface area contributed by atoms with E-state index in [4.69, 9.17) is 4.99 Å². The molecule has 1 atom stereocenters. The summed E-state index contributed by atoms with van der Waals surface area (Å²) in [5.41, 5.74) is -0.727. The zero-order valence-electron chi connectivity index (χ0n) is 13.2. The molecule has 2 rings (SSSR count). The van der Waals surface area contributed by atoms with Gasteiger partial charge in [0.25, 0.3) is 5.91 Å². The molecule has 2 aliphatic heterocycles. The Morgan fingerprint density at radius 1 is 1.15 bits per heavy atom. The number of carbonyl (C=O) groups is 2. The molecular formula is C15H25N3O2. The van der Waals surface area contributed by atoms with Crippen molar-refractivity contribution in [1.82, 2.24) is 10.2 Å². The maximum Gasteiger partial charge on any atom is 0.256 e. The lowest BCUT2D eigenvalue weighted by Gasteiger charge is -2.35. The molecule has 2 aliphatic rings. The first-order chi connectivity index (χ1) is 9.21. The van der Waals surface area contributed by atoms with E-state index in [9.17, 15) is 9.59 Å². The largest absolute Gasteiger partial charge is 0.344 e. The number of aliphatic imine (C=N–C) groups is 1. The molecule has 0 saturated carbocycles. The predicted octanol–water partition coefficient (Wildman–Crippen LogP) is 1.43. The van der Waals surface area contributed by atoms with Gasteiger partial charge in [0.2, 0.25) is 5.91 Å². The van der Waals surface area contributed by atoms with Gasteiger partial charge in [-0.15, -0.1) is 0 Å². The molecule has 5 nitrogen and oxygen atoms in total. The number of rotatable bonds is 3. The fourth-order valence-corrected chi connectivity index (χ4v) is 3.32. The fraction of sp³-hybridized carbons (Fsp3) is 0.800. The van der Waals surface area contributed by atoms with Crippen molar-refractivity contribution in [2.45, 2.75) is 53.1 Å². The molecule has 20 heavy (non-hydrogen) atoms. The van der Waals surface area contributed by atoms with Crippen molar-refractivity contribution in [3.8, 4) is 0 Å². The molecule has 2 amide bonds. The third-order valence-corrected chi connectivity index (χ3v) is 4.49. The number of hydrogen-bond acceptors (Lipinski definition) is 3. The molecule has 0 aromatic heterocycles. The quantitative estimate of drug-likeness (QED) is 0.849. The van der Waals surface area contributed by atoms with Crippen LogP contribution < -0.4 is 5.32 Å². The zero-order chi connectivity index (χ0) is 15.2. The highest BCUT2D eigenvalue weighted by Crippen LogP contribution is 2.38. The Balaban J connectivity index is 2.52. The van der Waals surface area contributed by atoms with Gasteiger partial charge in [-0.2, -0.15) is 0 Å². The molecule has 0 aromatic carbocycles. The minimum atomic E-state index is -0.727. The van der Waals surface area contributed by atoms with Crippen molar-refractivity contribution in [3.05, 3.63) is 0 Å². The fourth-order valence-electron chi connectivity index (χ4n) is 3.32. The van der Waals surface area contributed by atoms with Gasteiger partial charge < -0.3 is 5.32 Å². The lowest BCUT2D eigenvalue weighted by molar-refractivity contribution is -0.138. The summed E-state index contributed by atoms with van der Waals surface area (Å²) in [7, 11) is 0. The maximum absolute atomic E-state index is 12.9. The number of fused-ring (bicyclic) bond motifs is 1. The molecule has 1 saturated heterocycles. The monoisotopic (exact) mass is 279 g/mol. The number of carbonyl (C=O) groups excluding carboxylic acids is 2. The number of nitrogens with one attached hydrogen (secondary N) is 1. The van der Waals surface area contributed by atoms with Gasteiger partial charge in [0.05, 0.1) is 6.04 Å². The smallest absolute Gasteiger partial charge is 0.256 e. The minimum absolute atomic E-state index is 0.0157. The number of hydrogen-bond donors (Lipinski definition) is 1. The van der Waals surface area contributed by atoms with Crippen molar-refractivity contribution in [1.29, 1.82) is 0 Å². The zero-order valence-corrected chi connectivity index (χ0v) is 13.2. The van der Waals surface area contributed by atoms with Gasteiger partial charge in [0, 0.05) is 0 Å². The summed E-state index contributed by atoms with van der Waals surface area (Å²) in [6.07, 6.45) is 0. The Morgan fingerprint density at radius 3 is 2.15 bits per heavy atom. The van der Waals surface area contributed by atoms with Crippen LogP contribution in [-0.2, 0) is 9.59 Å². The summed E-state index contributed by atoms with van der Waals surface area (Å²) in [6.45, 7) is 12.3. The van der Waals surface area contributed by atoms with Gasteiger partial charge in [-0.1, -0.05) is 41.5 Å². The number of amides is 2. The number of amidine groups is 1. The second-order valence-electron chi connectivity index (χ2n) is 6.79. The summed E-state index contributed by atoms with van der Waals surface area (Å²) in [5, 5.41) is 2.96. The highest BCUT2D eigenvalue weighted by atomic mass is 16.2. The first-order valence-electron chi connectivity index (χ1n) is 7.42. The van der Waals surface area contributed by atoms with Gasteiger partial charge in [-0.25, -0.2) is 0 Å². The van der Waals surface area contributed by atoms with Crippen LogP contribution in [-0.4, -0.2) is 40.7 Å². The van der Waals surface area contributed by atoms with Crippen LogP contribution in [0.1, 0.15) is 41.5 Å². The molecule has 0 bridgehead atoms. The van der Waals surface area contributed by atoms with E-state index in [0.717, 1.165) is 5.84 Å². The summed E-state index contributed by atoms with van der Waals surface area (Å²) in [4.78, 5) is 31.2. The summed E-state index contributed by atoms with van der Waals surface area (Å²) >= 11 is 0. The average molecular weight is 279 g/mol. The summed E-state index contributed by atoms with van der Waals surface area (Å²) < 4.78 is 0. The van der Waals surface area contributed by atoms with Crippen LogP contribution in [0.2, 0.25) is 0 Å². The van der Waals surface area contributed by atoms with E-state index < -0.39 is 5.54 Å². The first-order valence-corrected chi connectivity index (χ1v) is 7.42. The van der Waals surface area contributed by atoms with Gasteiger partial charge >= 0.3 is 0 Å². The van der Waals surface area contributed by atoms with Crippen LogP contribution in [0.5, 0.6) is 0 Å². The highest BCUT2D eigenvalue weighted by molar-refractivity contribution is 6.14. The van der Waals surface area contributed by atoms with Crippen LogP contribution in [0.25, 0.3) is 0 Å². The van der Waals surface area contributed by atoms with Gasteiger partial charge in [-0.3, -0.25) is 19.5 Å². The first kappa shape index (κ1) is 15.0. The predicted molar refractivity (Wildman–Crippen MR) is 78.3 cm³/mol. The van der Waals surface area contributed by atoms with Crippen molar-refractivity contribution < 1.29 is 9.59 Å². The third-order valence-electron chi connectivity index (χ3n) is 4.49. The Bertz CT molecular complexity index is 458. The Hall–Kier alpha value is -1.39. The van der Waals surface area contributed by atoms with Crippen molar-refractivity contribution in [3.63, 3.8) is 0 Å². The minimum Gasteiger partial charge on any atom is -0.344 e. The topological polar surface area (TPSA) is 61.8 Å². The van der Waals surface area contributed by atoms with Gasteiger partial charge in [0.15, 0.2) is 0 Å². The second-order valence-corrected chi connectivity index (χ2v) is 6.79. The SMILES string of the molecule is CC(C)[C@@H]1NC(=O)CN2C(=O)C(C(C)C)(C(C)C)N=C12. The highest BCUT2D eigenvalue weighted by Gasteiger charge is 2.55. The van der Waals surface area contributed by atoms with Crippen LogP contribution >= 0.6 is 0 Å². The van der Waals surface area contributed by atoms with Crippen LogP contribution in [0.3, 0.4) is 0 Å². The normalized spacial score (nSPS) is 25.4. The molecular weight excluding hydrogens is 254 g/mol. The van der Waals surface area contributed by atoms with E-state index in [1.807, 2.05) is 41.5 Å². The molecule has 0 spiro atoms. The molecule has 112 valence electrons. The molecule has 5 heteroatoms. The van der Waals surface area contributed by atoms with E-state index in [0.29, 0.717) is 0 Å². The lowest BCUT2D eigenvalue weighted by Crippen LogP contribution is -2.60. The standard InChI is InChI=1S/C15H25N3O2/c1-8(2)12-13-17-15(9(3)4,10(5)6)14(20)18(13)7-11(19)16-12/h8-10,12H,7H2,1-6H3,(H,16,19)/t12-/m0/s1. The van der Waals surface area contributed by atoms with Gasteiger partial charge in [-0.05, 0) is 17.8 Å². The van der Waals surface area contributed by atoms with Crippen LogP contribution in [0.15, 0.2) is 4.99 Å². The number of nitrogens with zero attached hydrogens (tertiary/aromatic N) is 2. The van der Waals surface area contributed by atoms with E-state index >= 15 is 0 Å². The summed E-state index contributed by atoms with van der Waals surface area (Å²) in [5.74, 6) is 1.06. The molecule has 0 radical (unpaired) electrons. The van der Waals surface area contributed by atoms with E-state index in [1.165, 1.54) is 0 Å². The second kappa shape index (κ2) is 4.86. The van der Waals surface area contributed by atoms with Crippen LogP contribution in [0, 0.1) is 17.8 Å².